The van der Waals surface area contributed by atoms with Gasteiger partial charge in [-0.05, 0) is 30.9 Å². The Labute approximate surface area is 124 Å². The van der Waals surface area contributed by atoms with Crippen LogP contribution in [0.1, 0.15) is 31.5 Å². The molecule has 0 saturated carbocycles. The first-order chi connectivity index (χ1) is 9.88. The van der Waals surface area contributed by atoms with E-state index in [0.717, 1.165) is 22.3 Å². The van der Waals surface area contributed by atoms with E-state index in [9.17, 15) is 9.90 Å². The molecule has 0 spiro atoms. The van der Waals surface area contributed by atoms with Crippen molar-refractivity contribution in [2.45, 2.75) is 39.8 Å². The third kappa shape index (κ3) is 3.58. The highest BCUT2D eigenvalue weighted by molar-refractivity contribution is 5.78. The van der Waals surface area contributed by atoms with E-state index in [2.05, 4.69) is 15.4 Å². The summed E-state index contributed by atoms with van der Waals surface area (Å²) in [6, 6.07) is 1.49. The van der Waals surface area contributed by atoms with Gasteiger partial charge >= 0.3 is 5.97 Å². The maximum atomic E-state index is 11.2. The van der Waals surface area contributed by atoms with Gasteiger partial charge in [0.05, 0.1) is 5.69 Å². The van der Waals surface area contributed by atoms with Crippen LogP contribution in [0.5, 0.6) is 0 Å². The highest BCUT2D eigenvalue weighted by Gasteiger charge is 2.18. The number of carbonyl (C=O) groups is 1. The maximum absolute atomic E-state index is 11.2. The molecule has 2 rings (SSSR count). The van der Waals surface area contributed by atoms with E-state index in [1.165, 1.54) is 0 Å². The Kier molecular flexibility index (Phi) is 4.57. The van der Waals surface area contributed by atoms with E-state index >= 15 is 0 Å². The maximum Gasteiger partial charge on any atom is 0.320 e. The number of hydrogen-bond acceptors (Lipinski definition) is 4. The van der Waals surface area contributed by atoms with Crippen molar-refractivity contribution in [2.75, 3.05) is 0 Å². The van der Waals surface area contributed by atoms with Gasteiger partial charge in [-0.2, -0.15) is 5.10 Å². The van der Waals surface area contributed by atoms with Crippen molar-refractivity contribution >= 4 is 17.0 Å². The number of fused-ring (bicyclic) bond motifs is 1. The van der Waals surface area contributed by atoms with Crippen molar-refractivity contribution in [1.29, 1.82) is 0 Å². The van der Waals surface area contributed by atoms with Crippen molar-refractivity contribution < 1.29 is 9.90 Å². The van der Waals surface area contributed by atoms with Gasteiger partial charge in [-0.3, -0.25) is 9.48 Å². The number of carboxylic acid groups (broad SMARTS) is 1. The quantitative estimate of drug-likeness (QED) is 0.849. The average molecular weight is 290 g/mol. The summed E-state index contributed by atoms with van der Waals surface area (Å²) < 4.78 is 1.75. The number of aryl methyl sites for hydroxylation is 2. The lowest BCUT2D eigenvalue weighted by molar-refractivity contribution is -0.140. The van der Waals surface area contributed by atoms with Crippen LogP contribution in [0.15, 0.2) is 12.3 Å². The predicted molar refractivity (Wildman–Crippen MR) is 81.0 cm³/mol. The molecule has 1 atom stereocenters. The molecule has 114 valence electrons. The second-order valence-electron chi connectivity index (χ2n) is 5.83. The Morgan fingerprint density at radius 2 is 2.19 bits per heavy atom. The van der Waals surface area contributed by atoms with Crippen LogP contribution in [-0.4, -0.2) is 31.9 Å². The highest BCUT2D eigenvalue weighted by Crippen LogP contribution is 2.16. The molecule has 2 N–H and O–H groups in total. The van der Waals surface area contributed by atoms with E-state index in [1.54, 1.807) is 10.9 Å². The lowest BCUT2D eigenvalue weighted by Gasteiger charge is -2.16. The monoisotopic (exact) mass is 290 g/mol. The van der Waals surface area contributed by atoms with Crippen LogP contribution < -0.4 is 5.32 Å². The van der Waals surface area contributed by atoms with E-state index < -0.39 is 12.0 Å². The molecule has 21 heavy (non-hydrogen) atoms. The molecule has 0 aromatic carbocycles. The van der Waals surface area contributed by atoms with Crippen molar-refractivity contribution in [2.24, 2.45) is 13.0 Å². The third-order valence-corrected chi connectivity index (χ3v) is 3.48. The molecule has 0 aliphatic heterocycles. The van der Waals surface area contributed by atoms with Gasteiger partial charge in [0.25, 0.3) is 0 Å². The summed E-state index contributed by atoms with van der Waals surface area (Å²) in [6.07, 6.45) is 2.38. The van der Waals surface area contributed by atoms with Crippen LogP contribution in [0.3, 0.4) is 0 Å². The van der Waals surface area contributed by atoms with Gasteiger partial charge in [-0.25, -0.2) is 4.98 Å². The second-order valence-corrected chi connectivity index (χ2v) is 5.83. The zero-order valence-corrected chi connectivity index (χ0v) is 12.9. The van der Waals surface area contributed by atoms with Crippen LogP contribution in [0.4, 0.5) is 0 Å². The van der Waals surface area contributed by atoms with Crippen LogP contribution in [0.25, 0.3) is 11.0 Å². The van der Waals surface area contributed by atoms with Gasteiger partial charge in [-0.15, -0.1) is 0 Å². The Morgan fingerprint density at radius 1 is 1.48 bits per heavy atom. The molecule has 6 nitrogen and oxygen atoms in total. The molecule has 0 bridgehead atoms. The molecule has 2 aromatic rings. The molecule has 1 unspecified atom stereocenters. The Hall–Kier alpha value is -1.95. The van der Waals surface area contributed by atoms with Crippen molar-refractivity contribution in [3.8, 4) is 0 Å². The van der Waals surface area contributed by atoms with Crippen LogP contribution >= 0.6 is 0 Å². The Morgan fingerprint density at radius 3 is 2.81 bits per heavy atom. The SMILES string of the molecule is Cc1nn(C)c2ncc(CNC(CC(C)C)C(=O)O)cc12. The fraction of sp³-hybridized carbons (Fsp3) is 0.533. The first-order valence-electron chi connectivity index (χ1n) is 7.13. The lowest BCUT2D eigenvalue weighted by Crippen LogP contribution is -2.37. The number of rotatable bonds is 6. The first kappa shape index (κ1) is 15.4. The summed E-state index contributed by atoms with van der Waals surface area (Å²) in [5.74, 6) is -0.477. The minimum atomic E-state index is -0.810. The zero-order valence-electron chi connectivity index (χ0n) is 12.9. The summed E-state index contributed by atoms with van der Waals surface area (Å²) in [6.45, 7) is 6.47. The molecule has 2 aromatic heterocycles. The van der Waals surface area contributed by atoms with Crippen LogP contribution in [0.2, 0.25) is 0 Å². The largest absolute Gasteiger partial charge is 0.480 e. The molecule has 0 aliphatic carbocycles. The third-order valence-electron chi connectivity index (χ3n) is 3.48. The minimum Gasteiger partial charge on any atom is -0.480 e. The van der Waals surface area contributed by atoms with E-state index in [1.807, 2.05) is 33.9 Å². The summed E-state index contributed by atoms with van der Waals surface area (Å²) in [5, 5.41) is 17.7. The molecule has 0 aliphatic rings. The van der Waals surface area contributed by atoms with Crippen molar-refractivity contribution in [3.05, 3.63) is 23.5 Å². The number of aliphatic carboxylic acids is 1. The van der Waals surface area contributed by atoms with Gasteiger partial charge in [0.2, 0.25) is 0 Å². The normalized spacial score (nSPS) is 13.0. The van der Waals surface area contributed by atoms with Crippen LogP contribution in [0, 0.1) is 12.8 Å². The molecule has 0 amide bonds. The molecular formula is C15H22N4O2. The first-order valence-corrected chi connectivity index (χ1v) is 7.13. The van der Waals surface area contributed by atoms with Gasteiger partial charge in [-0.1, -0.05) is 13.8 Å². The minimum absolute atomic E-state index is 0.333. The van der Waals surface area contributed by atoms with E-state index in [0.29, 0.717) is 18.9 Å². The lowest BCUT2D eigenvalue weighted by atomic mass is 10.0. The number of aromatic nitrogens is 3. The second kappa shape index (κ2) is 6.22. The molecule has 0 radical (unpaired) electrons. The highest BCUT2D eigenvalue weighted by atomic mass is 16.4. The predicted octanol–water partition coefficient (Wildman–Crippen LogP) is 1.87. The van der Waals surface area contributed by atoms with Gasteiger partial charge in [0.15, 0.2) is 5.65 Å². The summed E-state index contributed by atoms with van der Waals surface area (Å²) in [5.41, 5.74) is 2.74. The average Bonchev–Trinajstić information content (AvgIpc) is 2.69. The van der Waals surface area contributed by atoms with Gasteiger partial charge in [0.1, 0.15) is 6.04 Å². The number of carboxylic acids is 1. The fourth-order valence-corrected chi connectivity index (χ4v) is 2.43. The van der Waals surface area contributed by atoms with Crippen molar-refractivity contribution in [1.82, 2.24) is 20.1 Å². The smallest absolute Gasteiger partial charge is 0.320 e. The standard InChI is InChI=1S/C15H22N4O2/c1-9(2)5-13(15(20)21)16-7-11-6-12-10(3)18-19(4)14(12)17-8-11/h6,8-9,13,16H,5,7H2,1-4H3,(H,20,21). The number of hydrogen-bond donors (Lipinski definition) is 2. The Bertz CT molecular complexity index is 648. The van der Waals surface area contributed by atoms with Gasteiger partial charge in [0, 0.05) is 25.2 Å². The van der Waals surface area contributed by atoms with Crippen LogP contribution in [-0.2, 0) is 18.4 Å². The Balaban J connectivity index is 2.12. The summed E-state index contributed by atoms with van der Waals surface area (Å²) >= 11 is 0. The number of pyridine rings is 1. The number of nitrogens with one attached hydrogen (secondary N) is 1. The van der Waals surface area contributed by atoms with Crippen molar-refractivity contribution in [3.63, 3.8) is 0 Å². The topological polar surface area (TPSA) is 80.0 Å². The molecule has 0 fully saturated rings. The molecular weight excluding hydrogens is 268 g/mol. The summed E-state index contributed by atoms with van der Waals surface area (Å²) in [7, 11) is 1.86. The molecule has 0 saturated heterocycles. The van der Waals surface area contributed by atoms with Gasteiger partial charge < -0.3 is 10.4 Å². The number of nitrogens with zero attached hydrogens (tertiary/aromatic N) is 3. The molecule has 6 heteroatoms. The molecule has 2 heterocycles. The fourth-order valence-electron chi connectivity index (χ4n) is 2.43. The zero-order chi connectivity index (χ0) is 15.6. The van der Waals surface area contributed by atoms with E-state index in [4.69, 9.17) is 0 Å². The summed E-state index contributed by atoms with van der Waals surface area (Å²) in [4.78, 5) is 15.6. The van der Waals surface area contributed by atoms with E-state index in [-0.39, 0.29) is 0 Å².